The molecule has 4 fully saturated rings. The second-order valence-electron chi connectivity index (χ2n) is 16.1. The highest BCUT2D eigenvalue weighted by molar-refractivity contribution is 7.47. The monoisotopic (exact) mass is 722 g/mol. The van der Waals surface area contributed by atoms with Crippen LogP contribution in [0.1, 0.15) is 98.8 Å². The molecule has 48 heavy (non-hydrogen) atoms. The van der Waals surface area contributed by atoms with Crippen molar-refractivity contribution >= 4 is 21.4 Å². The lowest BCUT2D eigenvalue weighted by Gasteiger charge is -2.57. The molecule has 5 aliphatic rings. The summed E-state index contributed by atoms with van der Waals surface area (Å²) < 4.78 is 44.4. The van der Waals surface area contributed by atoms with Crippen molar-refractivity contribution in [2.24, 2.45) is 46.3 Å². The van der Waals surface area contributed by atoms with E-state index in [1.807, 2.05) is 0 Å². The van der Waals surface area contributed by atoms with E-state index in [4.69, 9.17) is 23.6 Å². The minimum Gasteiger partial charge on any atom is -0.387 e. The summed E-state index contributed by atoms with van der Waals surface area (Å²) in [6, 6.07) is 0. The van der Waals surface area contributed by atoms with Gasteiger partial charge in [-0.05, 0) is 91.4 Å². The smallest absolute Gasteiger partial charge is 0.387 e. The third-order valence-corrected chi connectivity index (χ3v) is 14.2. The number of ether oxygens (including phenoxy) is 1. The van der Waals surface area contributed by atoms with Crippen molar-refractivity contribution in [2.75, 3.05) is 6.61 Å². The van der Waals surface area contributed by atoms with Crippen LogP contribution in [0.4, 0.5) is 0 Å². The second-order valence-corrected chi connectivity index (χ2v) is 18.7. The van der Waals surface area contributed by atoms with E-state index in [-0.39, 0.29) is 34.9 Å². The van der Waals surface area contributed by atoms with E-state index in [1.165, 1.54) is 25.7 Å². The van der Waals surface area contributed by atoms with Gasteiger partial charge < -0.3 is 34.7 Å². The molecule has 0 spiro atoms. The first-order valence-electron chi connectivity index (χ1n) is 17.6. The molecule has 6 N–H and O–H groups in total. The summed E-state index contributed by atoms with van der Waals surface area (Å²) in [7, 11) is -9.91. The molecule has 0 amide bonds. The lowest BCUT2D eigenvalue weighted by molar-refractivity contribution is -0.280. The lowest BCUT2D eigenvalue weighted by Crippen LogP contribution is -2.59. The number of carbonyl (C=O) groups excluding carboxylic acids is 1. The number of hydrogen-bond acceptors (Lipinski definition) is 10. The Bertz CT molecular complexity index is 1300. The van der Waals surface area contributed by atoms with Crippen molar-refractivity contribution in [3.63, 3.8) is 0 Å². The fourth-order valence-electron chi connectivity index (χ4n) is 10.1. The molecular formula is C33H56O13P2. The largest absolute Gasteiger partial charge is 0.474 e. The quantitative estimate of drug-likeness (QED) is 0.152. The Morgan fingerprint density at radius 2 is 1.62 bits per heavy atom. The molecule has 1 unspecified atom stereocenters. The van der Waals surface area contributed by atoms with Crippen molar-refractivity contribution in [3.05, 3.63) is 11.6 Å². The summed E-state index contributed by atoms with van der Waals surface area (Å²) in [5.41, 5.74) is 0.816. The minimum absolute atomic E-state index is 0.0238. The fourth-order valence-corrected chi connectivity index (χ4v) is 11.5. The van der Waals surface area contributed by atoms with Crippen LogP contribution in [-0.4, -0.2) is 79.2 Å². The number of carbonyl (C=O) groups is 1. The number of rotatable bonds is 12. The Hall–Kier alpha value is -0.530. The molecule has 13 nitrogen and oxygen atoms in total. The van der Waals surface area contributed by atoms with Crippen LogP contribution < -0.4 is 0 Å². The number of allylic oxidation sites excluding steroid dienone is 1. The zero-order chi connectivity index (χ0) is 35.4. The van der Waals surface area contributed by atoms with Crippen LogP contribution in [0.5, 0.6) is 0 Å². The zero-order valence-electron chi connectivity index (χ0n) is 28.7. The van der Waals surface area contributed by atoms with E-state index in [0.29, 0.717) is 36.5 Å². The van der Waals surface area contributed by atoms with E-state index >= 15 is 0 Å². The number of fused-ring (bicyclic) bond motifs is 5. The molecule has 0 aromatic carbocycles. The van der Waals surface area contributed by atoms with Crippen LogP contribution in [-0.2, 0) is 32.2 Å². The summed E-state index contributed by atoms with van der Waals surface area (Å²) in [5.74, 6) is 2.63. The fraction of sp³-hybridized carbons (Fsp3) is 0.909. The first-order valence-corrected chi connectivity index (χ1v) is 20.6. The van der Waals surface area contributed by atoms with Crippen LogP contribution >= 0.6 is 15.6 Å². The summed E-state index contributed by atoms with van der Waals surface area (Å²) in [6.45, 7) is 10.7. The average molecular weight is 723 g/mol. The van der Waals surface area contributed by atoms with Gasteiger partial charge in [-0.2, -0.15) is 0 Å². The van der Waals surface area contributed by atoms with Gasteiger partial charge in [-0.3, -0.25) is 18.4 Å². The predicted molar refractivity (Wildman–Crippen MR) is 174 cm³/mol. The number of phosphoric ester groups is 2. The number of ketones is 1. The molecule has 0 radical (unpaired) electrons. The molecular weight excluding hydrogens is 666 g/mol. The van der Waals surface area contributed by atoms with Crippen molar-refractivity contribution < 1.29 is 62.2 Å². The highest BCUT2D eigenvalue weighted by atomic mass is 31.2. The Morgan fingerprint density at radius 1 is 0.917 bits per heavy atom. The molecule has 0 aromatic rings. The Morgan fingerprint density at radius 3 is 2.29 bits per heavy atom. The van der Waals surface area contributed by atoms with Crippen molar-refractivity contribution in [1.82, 2.24) is 0 Å². The molecule has 1 saturated heterocycles. The Labute approximate surface area is 283 Å². The third-order valence-electron chi connectivity index (χ3n) is 12.7. The van der Waals surface area contributed by atoms with Gasteiger partial charge in [-0.15, -0.1) is 0 Å². The molecule has 4 aliphatic carbocycles. The standard InChI is InChI=1S/C33H56O13P2/c1-18(2)7-6-8-19(3)22-9-10-23-27-24(12-14-33(22,23)5)32(4)13-11-21(15-20(32)16-25(27)34)45-48(41,42)46-31-30(37)29(36)28(35)26(44-31)17-43-47(38,39)40/h16,18-19,21-24,26-31,35-37H,6-15,17H2,1-5H3,(H,41,42)(H2,38,39,40)/t19-,21+,22-,23+,24+,26-,27+,28-,29-,30-,31-,32+,33-/m1/s1. The predicted octanol–water partition coefficient (Wildman–Crippen LogP) is 4.63. The zero-order valence-corrected chi connectivity index (χ0v) is 30.5. The van der Waals surface area contributed by atoms with E-state index < -0.39 is 59.1 Å². The highest BCUT2D eigenvalue weighted by Crippen LogP contribution is 2.67. The summed E-state index contributed by atoms with van der Waals surface area (Å²) in [6.07, 6.45) is 1.07. The van der Waals surface area contributed by atoms with Crippen LogP contribution in [0.25, 0.3) is 0 Å². The number of aliphatic hydroxyl groups is 3. The van der Waals surface area contributed by atoms with Gasteiger partial charge in [-0.25, -0.2) is 9.13 Å². The van der Waals surface area contributed by atoms with Crippen LogP contribution in [0.2, 0.25) is 0 Å². The Kier molecular flexibility index (Phi) is 11.7. The molecule has 276 valence electrons. The third kappa shape index (κ3) is 7.93. The van der Waals surface area contributed by atoms with Gasteiger partial charge in [-0.1, -0.05) is 59.5 Å². The van der Waals surface area contributed by atoms with Gasteiger partial charge in [0, 0.05) is 5.92 Å². The number of hydrogen-bond donors (Lipinski definition) is 6. The topological polar surface area (TPSA) is 210 Å². The molecule has 5 rings (SSSR count). The van der Waals surface area contributed by atoms with E-state index in [9.17, 15) is 34.1 Å². The van der Waals surface area contributed by atoms with Gasteiger partial charge in [0.1, 0.15) is 24.4 Å². The average Bonchev–Trinajstić information content (AvgIpc) is 3.34. The highest BCUT2D eigenvalue weighted by Gasteiger charge is 2.61. The molecule has 1 aliphatic heterocycles. The van der Waals surface area contributed by atoms with Crippen molar-refractivity contribution in [3.8, 4) is 0 Å². The van der Waals surface area contributed by atoms with Gasteiger partial charge >= 0.3 is 15.6 Å². The first kappa shape index (κ1) is 38.7. The number of aliphatic hydroxyl groups excluding tert-OH is 3. The SMILES string of the molecule is CC(C)CCC[C@@H](C)[C@H]1CC[C@H]2[C@@H]3C(=O)C=C4C[C@@H](OP(=O)(O)O[C@H]5O[C@H](COP(=O)(O)O)[C@@H](O)[C@@H](O)[C@H]5O)CC[C@]4(C)[C@H]3CC[C@]12C. The second kappa shape index (κ2) is 14.5. The maximum absolute atomic E-state index is 13.9. The van der Waals surface area contributed by atoms with Crippen LogP contribution in [0, 0.1) is 46.3 Å². The van der Waals surface area contributed by atoms with Crippen molar-refractivity contribution in [1.29, 1.82) is 0 Å². The van der Waals surface area contributed by atoms with Gasteiger partial charge in [0.05, 0.1) is 12.7 Å². The van der Waals surface area contributed by atoms with Gasteiger partial charge in [0.2, 0.25) is 0 Å². The first-order chi connectivity index (χ1) is 22.3. The molecule has 0 bridgehead atoms. The Balaban J connectivity index is 1.23. The van der Waals surface area contributed by atoms with Crippen molar-refractivity contribution in [2.45, 2.75) is 136 Å². The maximum Gasteiger partial charge on any atom is 0.474 e. The van der Waals surface area contributed by atoms with E-state index in [1.54, 1.807) is 6.08 Å². The van der Waals surface area contributed by atoms with Gasteiger partial charge in [0.25, 0.3) is 0 Å². The van der Waals surface area contributed by atoms with Crippen LogP contribution in [0.3, 0.4) is 0 Å². The van der Waals surface area contributed by atoms with E-state index in [2.05, 4.69) is 39.1 Å². The number of phosphoric acid groups is 2. The molecule has 15 heteroatoms. The maximum atomic E-state index is 13.9. The summed E-state index contributed by atoms with van der Waals surface area (Å²) in [5, 5.41) is 30.7. The molecule has 14 atom stereocenters. The normalized spacial score (nSPS) is 43.6. The molecule has 3 saturated carbocycles. The van der Waals surface area contributed by atoms with Gasteiger partial charge in [0.15, 0.2) is 12.1 Å². The minimum atomic E-state index is -4.97. The van der Waals surface area contributed by atoms with Crippen LogP contribution in [0.15, 0.2) is 11.6 Å². The molecule has 0 aromatic heterocycles. The summed E-state index contributed by atoms with van der Waals surface area (Å²) in [4.78, 5) is 42.5. The lowest BCUT2D eigenvalue weighted by atomic mass is 9.46. The molecule has 1 heterocycles. The van der Waals surface area contributed by atoms with E-state index in [0.717, 1.165) is 24.8 Å². The summed E-state index contributed by atoms with van der Waals surface area (Å²) >= 11 is 0.